The van der Waals surface area contributed by atoms with Crippen LogP contribution < -0.4 is 26.2 Å². The number of hydrogen-bond donors (Lipinski definition) is 4. The largest absolute Gasteiger partial charge is 0.457 e. The Kier molecular flexibility index (Phi) is 6.26. The fraction of sp³-hybridized carbons (Fsp3) is 0.0952. The summed E-state index contributed by atoms with van der Waals surface area (Å²) in [5.41, 5.74) is 8.06. The van der Waals surface area contributed by atoms with Gasteiger partial charge in [-0.2, -0.15) is 0 Å². The molecule has 3 aromatic rings. The quantitative estimate of drug-likeness (QED) is 0.480. The molecule has 4 N–H and O–H groups in total. The van der Waals surface area contributed by atoms with Gasteiger partial charge in [-0.1, -0.05) is 18.2 Å². The van der Waals surface area contributed by atoms with E-state index in [4.69, 9.17) is 4.74 Å². The highest BCUT2D eigenvalue weighted by molar-refractivity contribution is 5.92. The Labute approximate surface area is 168 Å². The van der Waals surface area contributed by atoms with E-state index in [0.29, 0.717) is 17.2 Å². The lowest BCUT2D eigenvalue weighted by atomic mass is 10.2. The molecule has 0 saturated carbocycles. The van der Waals surface area contributed by atoms with Gasteiger partial charge in [-0.15, -0.1) is 0 Å². The first-order valence-electron chi connectivity index (χ1n) is 8.90. The zero-order valence-electron chi connectivity index (χ0n) is 16.0. The molecule has 148 valence electrons. The normalized spacial score (nSPS) is 10.0. The number of para-hydroxylation sites is 1. The third kappa shape index (κ3) is 5.46. The van der Waals surface area contributed by atoms with Crippen molar-refractivity contribution in [3.63, 3.8) is 0 Å². The zero-order chi connectivity index (χ0) is 20.6. The minimum atomic E-state index is -0.377. The van der Waals surface area contributed by atoms with Crippen LogP contribution in [0.1, 0.15) is 16.1 Å². The Hall–Kier alpha value is -4.07. The number of benzene rings is 2. The zero-order valence-corrected chi connectivity index (χ0v) is 16.0. The van der Waals surface area contributed by atoms with Crippen molar-refractivity contribution in [2.75, 3.05) is 17.8 Å². The van der Waals surface area contributed by atoms with Crippen LogP contribution in [-0.4, -0.2) is 24.0 Å². The molecule has 1 heterocycles. The van der Waals surface area contributed by atoms with Gasteiger partial charge in [-0.25, -0.2) is 4.79 Å². The van der Waals surface area contributed by atoms with Gasteiger partial charge in [0.25, 0.3) is 5.91 Å². The highest BCUT2D eigenvalue weighted by Gasteiger charge is 2.07. The number of carbonyl (C=O) groups is 2. The predicted octanol–water partition coefficient (Wildman–Crippen LogP) is 3.69. The average molecular weight is 391 g/mol. The summed E-state index contributed by atoms with van der Waals surface area (Å²) in [5.74, 6) is 0.786. The highest BCUT2D eigenvalue weighted by atomic mass is 16.5. The minimum absolute atomic E-state index is 0.271. The molecule has 8 heteroatoms. The molecule has 8 nitrogen and oxygen atoms in total. The van der Waals surface area contributed by atoms with Gasteiger partial charge in [-0.05, 0) is 48.9 Å². The fourth-order valence-corrected chi connectivity index (χ4v) is 2.46. The molecular formula is C21H21N5O3. The number of nitrogens with one attached hydrogen (secondary N) is 4. The molecule has 0 radical (unpaired) electrons. The topological polar surface area (TPSA) is 104 Å². The molecule has 2 aromatic carbocycles. The number of urea groups is 1. The Balaban J connectivity index is 1.54. The van der Waals surface area contributed by atoms with Crippen LogP contribution in [0.25, 0.3) is 0 Å². The Bertz CT molecular complexity index is 1010. The van der Waals surface area contributed by atoms with Gasteiger partial charge in [-0.3, -0.25) is 20.6 Å². The number of aromatic nitrogens is 1. The van der Waals surface area contributed by atoms with Gasteiger partial charge in [0.05, 0.1) is 5.69 Å². The third-order valence-corrected chi connectivity index (χ3v) is 3.99. The molecule has 3 rings (SSSR count). The van der Waals surface area contributed by atoms with E-state index in [1.807, 2.05) is 31.2 Å². The number of ether oxygens (including phenoxy) is 1. The number of nitrogens with zero attached hydrogens (tertiary/aromatic N) is 1. The van der Waals surface area contributed by atoms with Crippen molar-refractivity contribution >= 4 is 23.3 Å². The van der Waals surface area contributed by atoms with Crippen molar-refractivity contribution in [3.05, 3.63) is 78.1 Å². The predicted molar refractivity (Wildman–Crippen MR) is 111 cm³/mol. The van der Waals surface area contributed by atoms with E-state index >= 15 is 0 Å². The van der Waals surface area contributed by atoms with Crippen molar-refractivity contribution < 1.29 is 14.3 Å². The lowest BCUT2D eigenvalue weighted by Crippen LogP contribution is -2.33. The average Bonchev–Trinajstić information content (AvgIpc) is 2.74. The summed E-state index contributed by atoms with van der Waals surface area (Å²) in [5, 5.41) is 5.28. The standard InChI is InChI=1S/C21H21N5O3/c1-14-5-3-4-6-18(14)24-21(28)26-25-15-7-9-16(10-8-15)29-17-11-12-23-19(13-17)20(27)22-2/h3-13,25H,1-2H3,(H,22,27)(H2,24,26,28). The molecule has 0 aliphatic rings. The summed E-state index contributed by atoms with van der Waals surface area (Å²) in [6.07, 6.45) is 1.51. The second-order valence-electron chi connectivity index (χ2n) is 6.10. The molecule has 0 saturated heterocycles. The van der Waals surface area contributed by atoms with Gasteiger partial charge in [0.1, 0.15) is 17.2 Å². The first-order chi connectivity index (χ1) is 14.0. The van der Waals surface area contributed by atoms with Gasteiger partial charge >= 0.3 is 6.03 Å². The molecule has 1 aromatic heterocycles. The van der Waals surface area contributed by atoms with Gasteiger partial charge in [0.15, 0.2) is 0 Å². The number of hydrogen-bond acceptors (Lipinski definition) is 5. The lowest BCUT2D eigenvalue weighted by Gasteiger charge is -2.12. The SMILES string of the molecule is CNC(=O)c1cc(Oc2ccc(NNC(=O)Nc3ccccc3C)cc2)ccn1. The van der Waals surface area contributed by atoms with E-state index in [-0.39, 0.29) is 17.6 Å². The monoisotopic (exact) mass is 391 g/mol. The number of amides is 3. The van der Waals surface area contributed by atoms with E-state index in [9.17, 15) is 9.59 Å². The molecule has 0 unspecified atom stereocenters. The third-order valence-electron chi connectivity index (χ3n) is 3.99. The molecule has 0 fully saturated rings. The number of hydrazine groups is 1. The molecule has 3 amide bonds. The second kappa shape index (κ2) is 9.23. The summed E-state index contributed by atoms with van der Waals surface area (Å²) in [7, 11) is 1.54. The van der Waals surface area contributed by atoms with Crippen LogP contribution in [0.2, 0.25) is 0 Å². The van der Waals surface area contributed by atoms with Crippen LogP contribution in [0.4, 0.5) is 16.2 Å². The number of rotatable bonds is 6. The fourth-order valence-electron chi connectivity index (χ4n) is 2.46. The maximum atomic E-state index is 12.0. The van der Waals surface area contributed by atoms with Crippen LogP contribution in [0.5, 0.6) is 11.5 Å². The van der Waals surface area contributed by atoms with E-state index in [1.165, 1.54) is 6.20 Å². The smallest absolute Gasteiger partial charge is 0.337 e. The van der Waals surface area contributed by atoms with Crippen molar-refractivity contribution in [2.24, 2.45) is 0 Å². The molecule has 29 heavy (non-hydrogen) atoms. The molecule has 0 spiro atoms. The van der Waals surface area contributed by atoms with E-state index in [1.54, 1.807) is 43.4 Å². The van der Waals surface area contributed by atoms with E-state index in [0.717, 1.165) is 11.3 Å². The van der Waals surface area contributed by atoms with Crippen molar-refractivity contribution in [3.8, 4) is 11.5 Å². The van der Waals surface area contributed by atoms with Gasteiger partial charge < -0.3 is 15.4 Å². The first-order valence-corrected chi connectivity index (χ1v) is 8.90. The summed E-state index contributed by atoms with van der Waals surface area (Å²) >= 11 is 0. The van der Waals surface area contributed by atoms with Crippen LogP contribution in [0.15, 0.2) is 66.9 Å². The molecule has 0 atom stereocenters. The Morgan fingerprint density at radius 3 is 2.45 bits per heavy atom. The summed E-state index contributed by atoms with van der Waals surface area (Å²) in [4.78, 5) is 27.7. The lowest BCUT2D eigenvalue weighted by molar-refractivity contribution is 0.0958. The number of pyridine rings is 1. The number of aryl methyl sites for hydroxylation is 1. The molecule has 0 aliphatic heterocycles. The summed E-state index contributed by atoms with van der Waals surface area (Å²) < 4.78 is 5.74. The van der Waals surface area contributed by atoms with Crippen molar-refractivity contribution in [1.82, 2.24) is 15.7 Å². The van der Waals surface area contributed by atoms with E-state index < -0.39 is 0 Å². The minimum Gasteiger partial charge on any atom is -0.457 e. The number of carbonyl (C=O) groups excluding carboxylic acids is 2. The molecule has 0 bridgehead atoms. The second-order valence-corrected chi connectivity index (χ2v) is 6.10. The van der Waals surface area contributed by atoms with Crippen LogP contribution in [0.3, 0.4) is 0 Å². The van der Waals surface area contributed by atoms with Crippen LogP contribution in [-0.2, 0) is 0 Å². The summed E-state index contributed by atoms with van der Waals surface area (Å²) in [6, 6.07) is 17.3. The van der Waals surface area contributed by atoms with E-state index in [2.05, 4.69) is 26.5 Å². The Morgan fingerprint density at radius 2 is 1.72 bits per heavy atom. The van der Waals surface area contributed by atoms with Crippen LogP contribution >= 0.6 is 0 Å². The molecular weight excluding hydrogens is 370 g/mol. The first kappa shape index (κ1) is 19.7. The highest BCUT2D eigenvalue weighted by Crippen LogP contribution is 2.23. The number of anilines is 2. The van der Waals surface area contributed by atoms with Crippen LogP contribution in [0, 0.1) is 6.92 Å². The van der Waals surface area contributed by atoms with Gasteiger partial charge in [0, 0.05) is 25.0 Å². The maximum absolute atomic E-state index is 12.0. The Morgan fingerprint density at radius 1 is 0.966 bits per heavy atom. The maximum Gasteiger partial charge on any atom is 0.337 e. The molecule has 0 aliphatic carbocycles. The van der Waals surface area contributed by atoms with Crippen molar-refractivity contribution in [1.29, 1.82) is 0 Å². The van der Waals surface area contributed by atoms with Crippen molar-refractivity contribution in [2.45, 2.75) is 6.92 Å². The summed E-state index contributed by atoms with van der Waals surface area (Å²) in [6.45, 7) is 1.92. The van der Waals surface area contributed by atoms with Gasteiger partial charge in [0.2, 0.25) is 0 Å².